The van der Waals surface area contributed by atoms with Gasteiger partial charge < -0.3 is 10.4 Å². The Bertz CT molecular complexity index is 474. The van der Waals surface area contributed by atoms with E-state index in [2.05, 4.69) is 5.32 Å². The predicted molar refractivity (Wildman–Crippen MR) is 79.0 cm³/mol. The molecule has 20 heavy (non-hydrogen) atoms. The first-order valence-electron chi connectivity index (χ1n) is 6.72. The highest BCUT2D eigenvalue weighted by molar-refractivity contribution is 6.31. The van der Waals surface area contributed by atoms with Crippen molar-refractivity contribution in [3.05, 3.63) is 34.3 Å². The van der Waals surface area contributed by atoms with Crippen molar-refractivity contribution in [1.82, 2.24) is 5.32 Å². The molecule has 110 valence electrons. The molecule has 0 aromatic heterocycles. The first-order chi connectivity index (χ1) is 9.49. The van der Waals surface area contributed by atoms with Crippen molar-refractivity contribution >= 4 is 23.5 Å². The van der Waals surface area contributed by atoms with Gasteiger partial charge in [0.1, 0.15) is 0 Å². The molecule has 0 saturated heterocycles. The van der Waals surface area contributed by atoms with Crippen molar-refractivity contribution in [2.45, 2.75) is 39.0 Å². The molecule has 0 saturated carbocycles. The van der Waals surface area contributed by atoms with Gasteiger partial charge in [-0.25, -0.2) is 0 Å². The maximum atomic E-state index is 11.5. The number of aliphatic carboxylic acids is 1. The minimum atomic E-state index is -0.836. The normalized spacial score (nSPS) is 10.3. The van der Waals surface area contributed by atoms with Gasteiger partial charge >= 0.3 is 5.97 Å². The van der Waals surface area contributed by atoms with Crippen molar-refractivity contribution < 1.29 is 14.7 Å². The molecule has 1 aromatic carbocycles. The number of amides is 1. The monoisotopic (exact) mass is 297 g/mol. The van der Waals surface area contributed by atoms with Crippen LogP contribution in [0, 0.1) is 6.92 Å². The minimum absolute atomic E-state index is 0.0268. The summed E-state index contributed by atoms with van der Waals surface area (Å²) in [6.45, 7) is 2.38. The summed E-state index contributed by atoms with van der Waals surface area (Å²) in [5, 5.41) is 11.9. The lowest BCUT2D eigenvalue weighted by Gasteiger charge is -2.06. The van der Waals surface area contributed by atoms with Gasteiger partial charge in [-0.3, -0.25) is 9.59 Å². The Balaban J connectivity index is 2.18. The van der Waals surface area contributed by atoms with Gasteiger partial charge in [-0.05, 0) is 43.4 Å². The lowest BCUT2D eigenvalue weighted by molar-refractivity contribution is -0.137. The van der Waals surface area contributed by atoms with E-state index < -0.39 is 5.97 Å². The lowest BCUT2D eigenvalue weighted by Crippen LogP contribution is -2.24. The molecule has 1 aromatic rings. The predicted octanol–water partition coefficient (Wildman–Crippen LogP) is 2.95. The quantitative estimate of drug-likeness (QED) is 0.725. The zero-order valence-corrected chi connectivity index (χ0v) is 12.4. The van der Waals surface area contributed by atoms with Gasteiger partial charge in [-0.1, -0.05) is 23.7 Å². The molecule has 0 aliphatic rings. The molecule has 0 bridgehead atoms. The minimum Gasteiger partial charge on any atom is -0.481 e. The summed E-state index contributed by atoms with van der Waals surface area (Å²) in [5.41, 5.74) is 2.22. The summed E-state index contributed by atoms with van der Waals surface area (Å²) in [5.74, 6) is -0.863. The number of carboxylic acids is 1. The Kier molecular flexibility index (Phi) is 7.09. The zero-order valence-electron chi connectivity index (χ0n) is 11.6. The second-order valence-electron chi connectivity index (χ2n) is 4.78. The lowest BCUT2D eigenvalue weighted by atomic mass is 10.1. The number of rotatable bonds is 8. The maximum absolute atomic E-state index is 11.5. The summed E-state index contributed by atoms with van der Waals surface area (Å²) in [6, 6.07) is 5.88. The first kappa shape index (κ1) is 16.5. The molecule has 4 nitrogen and oxygen atoms in total. The summed E-state index contributed by atoms with van der Waals surface area (Å²) in [6.07, 6.45) is 2.61. The largest absolute Gasteiger partial charge is 0.481 e. The summed E-state index contributed by atoms with van der Waals surface area (Å²) in [7, 11) is 0. The van der Waals surface area contributed by atoms with Crippen LogP contribution in [0.5, 0.6) is 0 Å². The van der Waals surface area contributed by atoms with E-state index in [1.807, 2.05) is 25.1 Å². The molecule has 0 fully saturated rings. The fraction of sp³-hybridized carbons (Fsp3) is 0.467. The van der Waals surface area contributed by atoms with Crippen LogP contribution in [-0.4, -0.2) is 23.5 Å². The Labute approximate surface area is 124 Å². The van der Waals surface area contributed by atoms with E-state index in [0.29, 0.717) is 19.4 Å². The van der Waals surface area contributed by atoms with Gasteiger partial charge in [0, 0.05) is 24.4 Å². The summed E-state index contributed by atoms with van der Waals surface area (Å²) >= 11 is 5.95. The van der Waals surface area contributed by atoms with Gasteiger partial charge in [0.2, 0.25) is 5.91 Å². The van der Waals surface area contributed by atoms with Crippen molar-refractivity contribution in [2.75, 3.05) is 6.54 Å². The molecule has 5 heteroatoms. The number of hydrogen-bond donors (Lipinski definition) is 2. The van der Waals surface area contributed by atoms with Gasteiger partial charge in [0.15, 0.2) is 0 Å². The molecule has 1 rings (SSSR count). The average Bonchev–Trinajstić information content (AvgIpc) is 2.39. The summed E-state index contributed by atoms with van der Waals surface area (Å²) < 4.78 is 0. The van der Waals surface area contributed by atoms with Crippen molar-refractivity contribution in [2.24, 2.45) is 0 Å². The second-order valence-corrected chi connectivity index (χ2v) is 5.19. The van der Waals surface area contributed by atoms with Crippen LogP contribution >= 0.6 is 11.6 Å². The van der Waals surface area contributed by atoms with Crippen LogP contribution in [0.3, 0.4) is 0 Å². The smallest absolute Gasteiger partial charge is 0.303 e. The van der Waals surface area contributed by atoms with Crippen LogP contribution in [0.1, 0.15) is 36.8 Å². The molecule has 2 N–H and O–H groups in total. The first-order valence-corrected chi connectivity index (χ1v) is 7.10. The molecule has 0 heterocycles. The highest BCUT2D eigenvalue weighted by atomic mass is 35.5. The highest BCUT2D eigenvalue weighted by Gasteiger charge is 2.03. The molecule has 0 radical (unpaired) electrons. The van der Waals surface area contributed by atoms with Crippen molar-refractivity contribution in [3.8, 4) is 0 Å². The number of hydrogen-bond acceptors (Lipinski definition) is 2. The van der Waals surface area contributed by atoms with E-state index in [1.54, 1.807) is 0 Å². The fourth-order valence-electron chi connectivity index (χ4n) is 1.87. The third-order valence-electron chi connectivity index (χ3n) is 2.98. The Morgan fingerprint density at radius 2 is 2.00 bits per heavy atom. The van der Waals surface area contributed by atoms with Crippen molar-refractivity contribution in [1.29, 1.82) is 0 Å². The molecule has 0 aliphatic carbocycles. The number of carboxylic acid groups (broad SMARTS) is 1. The maximum Gasteiger partial charge on any atom is 0.303 e. The van der Waals surface area contributed by atoms with Crippen LogP contribution < -0.4 is 5.32 Å². The van der Waals surface area contributed by atoms with Gasteiger partial charge in [-0.15, -0.1) is 0 Å². The number of halogens is 1. The van der Waals surface area contributed by atoms with Gasteiger partial charge in [0.25, 0.3) is 0 Å². The molecule has 1 amide bonds. The van der Waals surface area contributed by atoms with E-state index in [4.69, 9.17) is 16.7 Å². The number of benzene rings is 1. The Morgan fingerprint density at radius 3 is 2.65 bits per heavy atom. The number of carbonyl (C=O) groups is 2. The fourth-order valence-corrected chi connectivity index (χ4v) is 1.99. The van der Waals surface area contributed by atoms with E-state index in [-0.39, 0.29) is 12.3 Å². The molecule has 0 aliphatic heterocycles. The van der Waals surface area contributed by atoms with Crippen LogP contribution in [0.2, 0.25) is 5.02 Å². The number of aryl methyl sites for hydroxylation is 2. The summed E-state index contributed by atoms with van der Waals surface area (Å²) in [4.78, 5) is 21.8. The van der Waals surface area contributed by atoms with Crippen molar-refractivity contribution in [3.63, 3.8) is 0 Å². The zero-order chi connectivity index (χ0) is 15.0. The van der Waals surface area contributed by atoms with Gasteiger partial charge in [-0.2, -0.15) is 0 Å². The van der Waals surface area contributed by atoms with Crippen LogP contribution in [-0.2, 0) is 16.0 Å². The Morgan fingerprint density at radius 1 is 1.25 bits per heavy atom. The number of carbonyl (C=O) groups excluding carboxylic acids is 1. The van der Waals surface area contributed by atoms with E-state index >= 15 is 0 Å². The highest BCUT2D eigenvalue weighted by Crippen LogP contribution is 2.17. The van der Waals surface area contributed by atoms with E-state index in [9.17, 15) is 9.59 Å². The van der Waals surface area contributed by atoms with Gasteiger partial charge in [0.05, 0.1) is 0 Å². The molecule has 0 unspecified atom stereocenters. The molecule has 0 atom stereocenters. The third-order valence-corrected chi connectivity index (χ3v) is 3.41. The van der Waals surface area contributed by atoms with E-state index in [1.165, 1.54) is 5.56 Å². The number of nitrogens with one attached hydrogen (secondary N) is 1. The van der Waals surface area contributed by atoms with E-state index in [0.717, 1.165) is 23.4 Å². The topological polar surface area (TPSA) is 66.4 Å². The SMILES string of the molecule is Cc1cc(CCCC(=O)NCCCC(=O)O)ccc1Cl. The molecular weight excluding hydrogens is 278 g/mol. The van der Waals surface area contributed by atoms with Crippen LogP contribution in [0.15, 0.2) is 18.2 Å². The second kappa shape index (κ2) is 8.59. The van der Waals surface area contributed by atoms with Crippen LogP contribution in [0.4, 0.5) is 0 Å². The van der Waals surface area contributed by atoms with Crippen LogP contribution in [0.25, 0.3) is 0 Å². The average molecular weight is 298 g/mol. The molecule has 0 spiro atoms. The third kappa shape index (κ3) is 6.57. The standard InChI is InChI=1S/C15H20ClNO3/c1-11-10-12(7-8-13(11)16)4-2-5-14(18)17-9-3-6-15(19)20/h7-8,10H,2-6,9H2,1H3,(H,17,18)(H,19,20). The molecular formula is C15H20ClNO3. The Hall–Kier alpha value is -1.55.